The third-order valence-corrected chi connectivity index (χ3v) is 4.61. The Morgan fingerprint density at radius 2 is 1.95 bits per heavy atom. The average molecular weight is 295 g/mol. The number of nitrogens with zero attached hydrogens (tertiary/aromatic N) is 1. The Bertz CT molecular complexity index is 767. The Morgan fingerprint density at radius 1 is 1.10 bits per heavy atom. The molecule has 0 aromatic heterocycles. The number of benzene rings is 2. The smallest absolute Gasteiger partial charge is 0.308 e. The highest BCUT2D eigenvalue weighted by Crippen LogP contribution is 2.38. The molecule has 2 aromatic carbocycles. The van der Waals surface area contributed by atoms with Gasteiger partial charge in [-0.1, -0.05) is 54.2 Å². The molecule has 0 N–H and O–H groups in total. The molecule has 2 aliphatic rings. The van der Waals surface area contributed by atoms with Crippen LogP contribution in [0.2, 0.25) is 0 Å². The van der Waals surface area contributed by atoms with Crippen molar-refractivity contribution in [2.45, 2.75) is 13.0 Å². The summed E-state index contributed by atoms with van der Waals surface area (Å²) in [5.74, 6) is 1.09. The lowest BCUT2D eigenvalue weighted by Gasteiger charge is -2.09. The van der Waals surface area contributed by atoms with E-state index < -0.39 is 0 Å². The first-order valence-corrected chi connectivity index (χ1v) is 7.86. The Kier molecular flexibility index (Phi) is 3.04. The van der Waals surface area contributed by atoms with Crippen LogP contribution in [-0.4, -0.2) is 16.9 Å². The minimum Gasteiger partial charge on any atom is -0.475 e. The average Bonchev–Trinajstić information content (AvgIpc) is 3.09. The number of thioether (sulfide) groups is 1. The number of hydrogen-bond donors (Lipinski definition) is 0. The van der Waals surface area contributed by atoms with Crippen molar-refractivity contribution < 1.29 is 9.53 Å². The fourth-order valence-electron chi connectivity index (χ4n) is 2.88. The summed E-state index contributed by atoms with van der Waals surface area (Å²) in [6, 6.07) is 14.8. The van der Waals surface area contributed by atoms with Gasteiger partial charge in [0.15, 0.2) is 0 Å². The third-order valence-electron chi connectivity index (χ3n) is 3.88. The molecule has 1 heterocycles. The van der Waals surface area contributed by atoms with E-state index in [0.717, 1.165) is 6.42 Å². The lowest BCUT2D eigenvalue weighted by Crippen LogP contribution is -2.06. The zero-order chi connectivity index (χ0) is 14.2. The van der Waals surface area contributed by atoms with Crippen LogP contribution in [0.3, 0.4) is 0 Å². The topological polar surface area (TPSA) is 38.7 Å². The summed E-state index contributed by atoms with van der Waals surface area (Å²) in [7, 11) is 0. The molecule has 0 unspecified atom stereocenters. The van der Waals surface area contributed by atoms with E-state index in [1.54, 1.807) is 0 Å². The van der Waals surface area contributed by atoms with Crippen LogP contribution in [0.15, 0.2) is 47.5 Å². The van der Waals surface area contributed by atoms with Gasteiger partial charge in [0.1, 0.15) is 6.61 Å². The molecule has 0 spiro atoms. The molecule has 104 valence electrons. The van der Waals surface area contributed by atoms with Gasteiger partial charge < -0.3 is 4.74 Å². The number of carbonyl (C=O) groups excluding carboxylic acids is 1. The van der Waals surface area contributed by atoms with Crippen LogP contribution < -0.4 is 0 Å². The van der Waals surface area contributed by atoms with Gasteiger partial charge in [0.05, 0.1) is 5.75 Å². The fourth-order valence-corrected chi connectivity index (χ4v) is 3.44. The molecule has 1 aliphatic heterocycles. The normalized spacial score (nSPS) is 15.6. The van der Waals surface area contributed by atoms with Gasteiger partial charge in [-0.3, -0.25) is 4.79 Å². The van der Waals surface area contributed by atoms with Gasteiger partial charge in [0.25, 0.3) is 0 Å². The largest absolute Gasteiger partial charge is 0.475 e. The second kappa shape index (κ2) is 5.04. The van der Waals surface area contributed by atoms with Gasteiger partial charge in [-0.2, -0.15) is 4.99 Å². The number of hydrogen-bond acceptors (Lipinski definition) is 3. The molecule has 4 heteroatoms. The van der Waals surface area contributed by atoms with Crippen LogP contribution in [0, 0.1) is 0 Å². The molecule has 1 aliphatic carbocycles. The van der Waals surface area contributed by atoms with Crippen molar-refractivity contribution in [3.63, 3.8) is 0 Å². The zero-order valence-electron chi connectivity index (χ0n) is 11.3. The molecule has 0 saturated heterocycles. The van der Waals surface area contributed by atoms with Gasteiger partial charge in [-0.25, -0.2) is 0 Å². The van der Waals surface area contributed by atoms with Gasteiger partial charge in [-0.05, 0) is 34.2 Å². The molecule has 0 radical (unpaired) electrons. The van der Waals surface area contributed by atoms with E-state index in [1.165, 1.54) is 39.6 Å². The highest BCUT2D eigenvalue weighted by molar-refractivity contribution is 8.14. The molecule has 0 saturated carbocycles. The summed E-state index contributed by atoms with van der Waals surface area (Å²) in [6.07, 6.45) is 0.950. The van der Waals surface area contributed by atoms with E-state index in [9.17, 15) is 4.79 Å². The summed E-state index contributed by atoms with van der Waals surface area (Å²) in [6.45, 7) is 0.476. The van der Waals surface area contributed by atoms with Crippen molar-refractivity contribution in [3.8, 4) is 11.1 Å². The van der Waals surface area contributed by atoms with Crippen LogP contribution in [0.25, 0.3) is 11.1 Å². The number of fused-ring (bicyclic) bond motifs is 3. The highest BCUT2D eigenvalue weighted by Gasteiger charge is 2.21. The molecular weight excluding hydrogens is 282 g/mol. The molecule has 21 heavy (non-hydrogen) atoms. The number of amides is 1. The Morgan fingerprint density at radius 3 is 2.81 bits per heavy atom. The summed E-state index contributed by atoms with van der Waals surface area (Å²) < 4.78 is 5.69. The molecule has 0 bridgehead atoms. The van der Waals surface area contributed by atoms with E-state index in [2.05, 4.69) is 47.5 Å². The number of rotatable bonds is 2. The van der Waals surface area contributed by atoms with E-state index in [-0.39, 0.29) is 5.24 Å². The number of ether oxygens (including phenoxy) is 1. The minimum atomic E-state index is -0.157. The molecule has 3 nitrogen and oxygen atoms in total. The fraction of sp³-hybridized carbons (Fsp3) is 0.176. The number of aliphatic imine (C=N–C) groups is 1. The van der Waals surface area contributed by atoms with Crippen molar-refractivity contribution in [1.82, 2.24) is 0 Å². The minimum absolute atomic E-state index is 0.157. The van der Waals surface area contributed by atoms with Crippen molar-refractivity contribution in [3.05, 3.63) is 59.2 Å². The van der Waals surface area contributed by atoms with Crippen LogP contribution >= 0.6 is 11.8 Å². The maximum Gasteiger partial charge on any atom is 0.308 e. The SMILES string of the molecule is O=C1N=C(OCc2cccc3c2Cc2ccccc2-3)CS1. The molecule has 2 aromatic rings. The van der Waals surface area contributed by atoms with Crippen molar-refractivity contribution in [1.29, 1.82) is 0 Å². The standard InChI is InChI=1S/C17H13NO2S/c19-17-18-16(10-21-17)20-9-12-5-3-7-14-13-6-2-1-4-11(13)8-15(12)14/h1-7H,8-10H2. The van der Waals surface area contributed by atoms with E-state index in [4.69, 9.17) is 4.74 Å². The van der Waals surface area contributed by atoms with E-state index in [0.29, 0.717) is 18.3 Å². The van der Waals surface area contributed by atoms with Crippen LogP contribution in [0.5, 0.6) is 0 Å². The van der Waals surface area contributed by atoms with Gasteiger partial charge in [-0.15, -0.1) is 0 Å². The predicted molar refractivity (Wildman–Crippen MR) is 84.8 cm³/mol. The quantitative estimate of drug-likeness (QED) is 0.716. The monoisotopic (exact) mass is 295 g/mol. The first-order valence-electron chi connectivity index (χ1n) is 6.87. The van der Waals surface area contributed by atoms with E-state index in [1.807, 2.05) is 0 Å². The maximum atomic E-state index is 11.1. The van der Waals surface area contributed by atoms with Gasteiger partial charge in [0, 0.05) is 0 Å². The highest BCUT2D eigenvalue weighted by atomic mass is 32.2. The summed E-state index contributed by atoms with van der Waals surface area (Å²) in [5.41, 5.74) is 6.49. The molecule has 0 fully saturated rings. The van der Waals surface area contributed by atoms with Crippen LogP contribution in [0.1, 0.15) is 16.7 Å². The van der Waals surface area contributed by atoms with Gasteiger partial charge in [0.2, 0.25) is 5.90 Å². The van der Waals surface area contributed by atoms with Crippen LogP contribution in [0.4, 0.5) is 4.79 Å². The molecule has 0 atom stereocenters. The number of carbonyl (C=O) groups is 1. The predicted octanol–water partition coefficient (Wildman–Crippen LogP) is 4.04. The van der Waals surface area contributed by atoms with Crippen molar-refractivity contribution in [2.75, 3.05) is 5.75 Å². The summed E-state index contributed by atoms with van der Waals surface area (Å²) >= 11 is 1.19. The Hall–Kier alpha value is -2.07. The second-order valence-electron chi connectivity index (χ2n) is 5.13. The zero-order valence-corrected chi connectivity index (χ0v) is 12.2. The van der Waals surface area contributed by atoms with E-state index >= 15 is 0 Å². The Labute approximate surface area is 127 Å². The van der Waals surface area contributed by atoms with Gasteiger partial charge >= 0.3 is 5.24 Å². The summed E-state index contributed by atoms with van der Waals surface area (Å²) in [5, 5.41) is -0.157. The first-order chi connectivity index (χ1) is 10.3. The summed E-state index contributed by atoms with van der Waals surface area (Å²) in [4.78, 5) is 15.0. The maximum absolute atomic E-state index is 11.1. The molecular formula is C17H13NO2S. The Balaban J connectivity index is 1.61. The molecule has 4 rings (SSSR count). The van der Waals surface area contributed by atoms with Crippen molar-refractivity contribution in [2.24, 2.45) is 4.99 Å². The third kappa shape index (κ3) is 2.25. The lowest BCUT2D eigenvalue weighted by molar-refractivity contribution is 0.265. The first kappa shape index (κ1) is 12.7. The molecule has 1 amide bonds. The second-order valence-corrected chi connectivity index (χ2v) is 6.05. The van der Waals surface area contributed by atoms with Crippen LogP contribution in [-0.2, 0) is 17.8 Å². The van der Waals surface area contributed by atoms with Crippen molar-refractivity contribution >= 4 is 22.9 Å². The lowest BCUT2D eigenvalue weighted by atomic mass is 10.0.